The van der Waals surface area contributed by atoms with Gasteiger partial charge in [-0.3, -0.25) is 19.4 Å². The maximum absolute atomic E-state index is 12.2. The zero-order valence-electron chi connectivity index (χ0n) is 47.3. The lowest BCUT2D eigenvalue weighted by Crippen LogP contribution is -2.48. The van der Waals surface area contributed by atoms with Crippen LogP contribution in [-0.4, -0.2) is 210 Å². The Bertz CT molecular complexity index is 3620. The lowest BCUT2D eigenvalue weighted by atomic mass is 10.1. The Morgan fingerprint density at radius 3 is 1.45 bits per heavy atom. The van der Waals surface area contributed by atoms with Crippen LogP contribution in [0, 0.1) is 36.5 Å². The number of carboxylic acids is 1. The number of sulfone groups is 2. The first-order chi connectivity index (χ1) is 39.8. The number of morpholine rings is 2. The fourth-order valence-corrected chi connectivity index (χ4v) is 13.7. The molecule has 6 aromatic heterocycles. The van der Waals surface area contributed by atoms with Gasteiger partial charge in [0.2, 0.25) is 29.6 Å². The highest BCUT2D eigenvalue weighted by atomic mass is 32.2. The van der Waals surface area contributed by atoms with Gasteiger partial charge in [0.05, 0.1) is 96.1 Å². The molecule has 4 saturated heterocycles. The highest BCUT2D eigenvalue weighted by molar-refractivity contribution is 7.90. The zero-order chi connectivity index (χ0) is 59.4. The minimum Gasteiger partial charge on any atom is -0.481 e. The molecule has 4 aliphatic heterocycles. The second-order valence-corrected chi connectivity index (χ2v) is 27.0. The Morgan fingerprint density at radius 2 is 1.07 bits per heavy atom. The molecule has 4 fully saturated rings. The maximum Gasteiger partial charge on any atom is 0.317 e. The molecule has 0 aromatic carbocycles. The van der Waals surface area contributed by atoms with Gasteiger partial charge < -0.3 is 44.1 Å². The van der Waals surface area contributed by atoms with Crippen molar-refractivity contribution in [3.63, 3.8) is 0 Å². The van der Waals surface area contributed by atoms with E-state index in [2.05, 4.69) is 48.7 Å². The van der Waals surface area contributed by atoms with Gasteiger partial charge in [-0.25, -0.2) is 46.7 Å². The van der Waals surface area contributed by atoms with Crippen LogP contribution in [0.25, 0.3) is 42.9 Å². The summed E-state index contributed by atoms with van der Waals surface area (Å²) < 4.78 is 72.2. The second-order valence-electron chi connectivity index (χ2n) is 20.2. The van der Waals surface area contributed by atoms with E-state index in [1.807, 2.05) is 12.1 Å². The molecular weight excluding hydrogens is 1150 g/mol. The number of ether oxygens (including phenoxy) is 4. The highest BCUT2D eigenvalue weighted by Crippen LogP contribution is 2.41. The second kappa shape index (κ2) is 28.2. The van der Waals surface area contributed by atoms with Gasteiger partial charge in [-0.2, -0.15) is 10.5 Å². The number of fused-ring (bicyclic) bond motifs is 2. The van der Waals surface area contributed by atoms with Gasteiger partial charge in [0, 0.05) is 160 Å². The molecule has 0 saturated carbocycles. The van der Waals surface area contributed by atoms with E-state index in [1.165, 1.54) is 43.2 Å². The van der Waals surface area contributed by atoms with Gasteiger partial charge >= 0.3 is 5.97 Å². The summed E-state index contributed by atoms with van der Waals surface area (Å²) in [6, 6.07) is 7.04. The highest BCUT2D eigenvalue weighted by Gasteiger charge is 2.28. The van der Waals surface area contributed by atoms with Crippen LogP contribution in [0.5, 0.6) is 11.8 Å². The fraction of sp³-hybridized carbons (Fsp3) is 0.519. The molecule has 83 heavy (non-hydrogen) atoms. The number of aliphatic carboxylic acids is 1. The molecule has 10 rings (SSSR count). The molecule has 2 N–H and O–H groups in total. The van der Waals surface area contributed by atoms with Crippen LogP contribution in [0.15, 0.2) is 24.5 Å². The van der Waals surface area contributed by atoms with Crippen molar-refractivity contribution in [1.29, 1.82) is 10.5 Å². The molecule has 444 valence electrons. The summed E-state index contributed by atoms with van der Waals surface area (Å²) in [7, 11) is -3.63. The number of nitriles is 2. The molecule has 25 nitrogen and oxygen atoms in total. The number of thiophene rings is 2. The predicted molar refractivity (Wildman–Crippen MR) is 315 cm³/mol. The van der Waals surface area contributed by atoms with Crippen LogP contribution in [-0.2, 0) is 63.3 Å². The molecule has 0 bridgehead atoms. The first-order valence-electron chi connectivity index (χ1n) is 26.8. The largest absolute Gasteiger partial charge is 0.481 e. The van der Waals surface area contributed by atoms with Crippen LogP contribution in [0.1, 0.15) is 44.8 Å². The first-order valence-corrected chi connectivity index (χ1v) is 32.6. The number of hydrogen-bond acceptors (Lipinski definition) is 25. The quantitative estimate of drug-likeness (QED) is 0.139. The summed E-state index contributed by atoms with van der Waals surface area (Å²) in [5.41, 5.74) is 8.08. The summed E-state index contributed by atoms with van der Waals surface area (Å²) in [4.78, 5) is 63.6. The molecule has 10 heterocycles. The molecule has 6 aromatic rings. The number of carbonyl (C=O) groups excluding carboxylic acids is 1. The van der Waals surface area contributed by atoms with Crippen molar-refractivity contribution in [2.45, 2.75) is 51.3 Å². The third kappa shape index (κ3) is 16.3. The van der Waals surface area contributed by atoms with Crippen molar-refractivity contribution in [1.82, 2.24) is 49.9 Å². The Labute approximate surface area is 490 Å². The first kappa shape index (κ1) is 62.3. The van der Waals surface area contributed by atoms with Crippen LogP contribution < -0.4 is 24.6 Å². The molecule has 0 spiro atoms. The molecule has 0 atom stereocenters. The minimum absolute atomic E-state index is 0.0928. The number of methoxy groups -OCH3 is 2. The number of aromatic nitrogens is 6. The molecule has 29 heteroatoms. The van der Waals surface area contributed by atoms with Gasteiger partial charge in [-0.05, 0) is 26.0 Å². The van der Waals surface area contributed by atoms with Crippen molar-refractivity contribution in [3.8, 4) is 46.4 Å². The number of carboxylic acid groups (broad SMARTS) is 1. The molecule has 0 aliphatic carbocycles. The van der Waals surface area contributed by atoms with E-state index >= 15 is 0 Å². The van der Waals surface area contributed by atoms with E-state index in [1.54, 1.807) is 46.0 Å². The zero-order valence-corrected chi connectivity index (χ0v) is 50.6. The molecule has 1 amide bonds. The van der Waals surface area contributed by atoms with Crippen molar-refractivity contribution in [2.75, 3.05) is 141 Å². The molecular formula is C54H68N14O11S4. The standard InChI is InChI=1S/C27H33N7O5S2.C24H32N6O4S2.C3H3NO2/c1-18-21(16-32-6-8-33(9-7-32)22(35)4-5-28)24-25(40-18)23(30-27(31-24)34-10-12-39-13-11-34)19-14-20(17-41(3,36)37)26(38-2)29-15-19;1-16-19(14-29-6-4-25-5-7-29)21-22(35-16)20(27-24(28-21)30-8-10-34-11-9-30)17-12-18(15-36(3,31)32)23(33-2)26-13-17;4-2-1-3(5)6/h14-15H,4,6-13,16-17H2,1-3H3;12-13,25H,4-11,14-15H2,1-3H3;1H2,(H,5,6). The Kier molecular flexibility index (Phi) is 21.1. The van der Waals surface area contributed by atoms with Crippen LogP contribution in [0.2, 0.25) is 0 Å². The number of carbonyl (C=O) groups is 2. The number of aryl methyl sites for hydroxylation is 2. The number of anilines is 2. The van der Waals surface area contributed by atoms with Gasteiger partial charge in [0.15, 0.2) is 19.7 Å². The predicted octanol–water partition coefficient (Wildman–Crippen LogP) is 3.85. The monoisotopic (exact) mass is 1220 g/mol. The number of nitrogens with zero attached hydrogens (tertiary/aromatic N) is 13. The summed E-state index contributed by atoms with van der Waals surface area (Å²) in [5, 5.41) is 27.6. The topological polar surface area (TPSA) is 313 Å². The van der Waals surface area contributed by atoms with E-state index in [0.29, 0.717) is 112 Å². The van der Waals surface area contributed by atoms with Crippen LogP contribution in [0.3, 0.4) is 0 Å². The van der Waals surface area contributed by atoms with Crippen molar-refractivity contribution < 1.29 is 50.5 Å². The molecule has 4 aliphatic rings. The van der Waals surface area contributed by atoms with Gasteiger partial charge in [0.25, 0.3) is 0 Å². The van der Waals surface area contributed by atoms with Crippen molar-refractivity contribution >= 4 is 86.6 Å². The summed E-state index contributed by atoms with van der Waals surface area (Å²) >= 11 is 3.30. The number of pyridine rings is 2. The summed E-state index contributed by atoms with van der Waals surface area (Å²) in [6.07, 6.45) is 5.28. The molecule has 0 radical (unpaired) electrons. The third-order valence-corrected chi connectivity index (χ3v) is 18.0. The minimum atomic E-state index is -3.33. The van der Waals surface area contributed by atoms with Crippen molar-refractivity contribution in [3.05, 3.63) is 56.5 Å². The van der Waals surface area contributed by atoms with Crippen LogP contribution >= 0.6 is 22.7 Å². The fourth-order valence-electron chi connectivity index (χ4n) is 9.93. The average molecular weight is 1220 g/mol. The average Bonchev–Trinajstić information content (AvgIpc) is 4.21. The van der Waals surface area contributed by atoms with Gasteiger partial charge in [0.1, 0.15) is 12.8 Å². The Balaban J connectivity index is 0.000000199. The summed E-state index contributed by atoms with van der Waals surface area (Å²) in [6.45, 7) is 17.5. The van der Waals surface area contributed by atoms with Gasteiger partial charge in [-0.1, -0.05) is 0 Å². The van der Waals surface area contributed by atoms with Crippen molar-refractivity contribution in [2.24, 2.45) is 0 Å². The van der Waals surface area contributed by atoms with E-state index in [9.17, 15) is 26.4 Å². The van der Waals surface area contributed by atoms with E-state index in [4.69, 9.17) is 54.5 Å². The summed E-state index contributed by atoms with van der Waals surface area (Å²) in [5.74, 6) is 0.303. The van der Waals surface area contributed by atoms with E-state index in [-0.39, 0.29) is 29.7 Å². The smallest absolute Gasteiger partial charge is 0.317 e. The third-order valence-electron chi connectivity index (χ3n) is 14.0. The lowest BCUT2D eigenvalue weighted by Gasteiger charge is -2.34. The maximum atomic E-state index is 12.2. The SMILES string of the molecule is COc1ncc(-c2nc(N3CCOCC3)nc3c(CN4CCN(C(=O)CC#N)CC4)c(C)sc23)cc1CS(C)(=O)=O.COc1ncc(-c2nc(N3CCOCC3)nc3c(CN4CCNCC4)c(C)sc23)cc1CS(C)(=O)=O.N#CCC(=O)O. The van der Waals surface area contributed by atoms with Gasteiger partial charge in [-0.15, -0.1) is 22.7 Å². The van der Waals surface area contributed by atoms with E-state index in [0.717, 1.165) is 87.9 Å². The number of nitrogens with one attached hydrogen (secondary N) is 1. The van der Waals surface area contributed by atoms with E-state index < -0.39 is 32.1 Å². The molecule has 0 unspecified atom stereocenters. The number of hydrogen-bond donors (Lipinski definition) is 2. The number of rotatable bonds is 16. The lowest BCUT2D eigenvalue weighted by molar-refractivity contribution is -0.136. The number of piperazine rings is 2. The van der Waals surface area contributed by atoms with Crippen LogP contribution in [0.4, 0.5) is 11.9 Å². The Morgan fingerprint density at radius 1 is 0.651 bits per heavy atom. The number of amides is 1. The normalized spacial score (nSPS) is 16.3. The Hall–Kier alpha value is -6.80.